The number of esters is 1. The fourth-order valence-corrected chi connectivity index (χ4v) is 2.89. The van der Waals surface area contributed by atoms with Crippen molar-refractivity contribution in [2.24, 2.45) is 11.8 Å². The first-order valence-electron chi connectivity index (χ1n) is 7.27. The molecule has 0 heterocycles. The smallest absolute Gasteiger partial charge is 0.339 e. The number of rotatable bonds is 3. The molecule has 1 saturated carbocycles. The van der Waals surface area contributed by atoms with Crippen molar-refractivity contribution in [2.75, 3.05) is 12.4 Å². The summed E-state index contributed by atoms with van der Waals surface area (Å²) in [5.74, 6) is 0.907. The Morgan fingerprint density at radius 3 is 2.55 bits per heavy atom. The summed E-state index contributed by atoms with van der Waals surface area (Å²) in [7, 11) is 1.41. The van der Waals surface area contributed by atoms with Gasteiger partial charge in [-0.3, -0.25) is 0 Å². The van der Waals surface area contributed by atoms with Gasteiger partial charge >= 0.3 is 5.97 Å². The van der Waals surface area contributed by atoms with Crippen molar-refractivity contribution in [1.29, 1.82) is 0 Å². The summed E-state index contributed by atoms with van der Waals surface area (Å²) >= 11 is 0. The Morgan fingerprint density at radius 2 is 1.90 bits per heavy atom. The molecule has 0 amide bonds. The van der Waals surface area contributed by atoms with Crippen LogP contribution in [0.4, 0.5) is 5.69 Å². The minimum atomic E-state index is -0.309. The van der Waals surface area contributed by atoms with Crippen molar-refractivity contribution in [1.82, 2.24) is 0 Å². The fraction of sp³-hybridized carbons (Fsp3) is 0.471. The third-order valence-electron chi connectivity index (χ3n) is 4.14. The number of benzene rings is 1. The molecule has 2 atom stereocenters. The Hall–Kier alpha value is -1.77. The Labute approximate surface area is 121 Å². The molecule has 0 aromatic heterocycles. The van der Waals surface area contributed by atoms with Crippen molar-refractivity contribution >= 4 is 11.7 Å². The van der Waals surface area contributed by atoms with Gasteiger partial charge in [0.05, 0.1) is 18.4 Å². The Kier molecular flexibility index (Phi) is 4.83. The van der Waals surface area contributed by atoms with Gasteiger partial charge in [0.15, 0.2) is 0 Å². The van der Waals surface area contributed by atoms with Gasteiger partial charge in [0.25, 0.3) is 0 Å². The molecule has 3 nitrogen and oxygen atoms in total. The molecule has 1 aliphatic rings. The minimum absolute atomic E-state index is 0.309. The molecule has 3 heteroatoms. The van der Waals surface area contributed by atoms with E-state index in [0.29, 0.717) is 17.4 Å². The van der Waals surface area contributed by atoms with Gasteiger partial charge < -0.3 is 10.1 Å². The number of hydrogen-bond acceptors (Lipinski definition) is 3. The second-order valence-electron chi connectivity index (χ2n) is 5.56. The van der Waals surface area contributed by atoms with Gasteiger partial charge in [-0.15, -0.1) is 0 Å². The summed E-state index contributed by atoms with van der Waals surface area (Å²) in [6.45, 7) is 4.55. The maximum absolute atomic E-state index is 11.7. The van der Waals surface area contributed by atoms with Gasteiger partial charge in [0.2, 0.25) is 0 Å². The second kappa shape index (κ2) is 6.60. The van der Waals surface area contributed by atoms with Gasteiger partial charge in [0.1, 0.15) is 0 Å². The molecule has 0 radical (unpaired) electrons. The number of para-hydroxylation sites is 1. The molecule has 108 valence electrons. The summed E-state index contributed by atoms with van der Waals surface area (Å²) < 4.78 is 4.81. The third kappa shape index (κ3) is 3.21. The first-order valence-corrected chi connectivity index (χ1v) is 7.27. The van der Waals surface area contributed by atoms with E-state index in [2.05, 4.69) is 25.4 Å². The molecule has 2 rings (SSSR count). The lowest BCUT2D eigenvalue weighted by Gasteiger charge is -2.28. The van der Waals surface area contributed by atoms with Crippen molar-refractivity contribution in [3.63, 3.8) is 0 Å². The minimum Gasteiger partial charge on any atom is -0.465 e. The molecule has 1 N–H and O–H groups in total. The monoisotopic (exact) mass is 273 g/mol. The summed E-state index contributed by atoms with van der Waals surface area (Å²) in [6.07, 6.45) is 5.88. The molecule has 0 saturated heterocycles. The Bertz CT molecular complexity index is 495. The molecular weight excluding hydrogens is 250 g/mol. The van der Waals surface area contributed by atoms with E-state index >= 15 is 0 Å². The number of nitrogens with one attached hydrogen (secondary N) is 1. The van der Waals surface area contributed by atoms with Crippen molar-refractivity contribution in [2.45, 2.75) is 33.1 Å². The predicted molar refractivity (Wildman–Crippen MR) is 81.7 cm³/mol. The van der Waals surface area contributed by atoms with E-state index in [0.717, 1.165) is 5.69 Å². The van der Waals surface area contributed by atoms with Crippen molar-refractivity contribution < 1.29 is 9.53 Å². The lowest BCUT2D eigenvalue weighted by molar-refractivity contribution is 0.0602. The van der Waals surface area contributed by atoms with Gasteiger partial charge in [-0.2, -0.15) is 0 Å². The van der Waals surface area contributed by atoms with Crippen LogP contribution in [0.25, 0.3) is 0 Å². The zero-order valence-electron chi connectivity index (χ0n) is 12.5. The Morgan fingerprint density at radius 1 is 1.25 bits per heavy atom. The van der Waals surface area contributed by atoms with E-state index in [-0.39, 0.29) is 5.97 Å². The average molecular weight is 273 g/mol. The third-order valence-corrected chi connectivity index (χ3v) is 4.14. The molecule has 1 fully saturated rings. The van der Waals surface area contributed by atoms with E-state index in [1.165, 1.54) is 31.9 Å². The summed E-state index contributed by atoms with van der Waals surface area (Å²) in [4.78, 5) is 11.7. The van der Waals surface area contributed by atoms with Gasteiger partial charge in [-0.05, 0) is 42.4 Å². The van der Waals surface area contributed by atoms with Gasteiger partial charge in [-0.25, -0.2) is 4.79 Å². The standard InChI is InChI=1S/C17H23NO2/c1-12-7-6-8-13(2)15(12)11-18-16-10-5-4-9-14(16)17(19)20-3/h4-5,9-13,18H,6-8H2,1-3H3. The summed E-state index contributed by atoms with van der Waals surface area (Å²) in [6, 6.07) is 7.44. The molecule has 20 heavy (non-hydrogen) atoms. The highest BCUT2D eigenvalue weighted by molar-refractivity contribution is 5.95. The number of carbonyl (C=O) groups is 1. The summed E-state index contributed by atoms with van der Waals surface area (Å²) in [5.41, 5.74) is 2.82. The van der Waals surface area contributed by atoms with Gasteiger partial charge in [0, 0.05) is 6.20 Å². The number of allylic oxidation sites excluding steroid dienone is 1. The van der Waals surface area contributed by atoms with E-state index in [1.54, 1.807) is 6.07 Å². The molecule has 1 aliphatic carbocycles. The van der Waals surface area contributed by atoms with E-state index in [1.807, 2.05) is 18.2 Å². The lowest BCUT2D eigenvalue weighted by Crippen LogP contribution is -2.16. The number of hydrogen-bond donors (Lipinski definition) is 1. The van der Waals surface area contributed by atoms with Crippen LogP contribution in [-0.4, -0.2) is 13.1 Å². The highest BCUT2D eigenvalue weighted by Gasteiger charge is 2.21. The topological polar surface area (TPSA) is 38.3 Å². The Balaban J connectivity index is 2.20. The van der Waals surface area contributed by atoms with Gasteiger partial charge in [-0.1, -0.05) is 32.4 Å². The van der Waals surface area contributed by atoms with Crippen LogP contribution in [0.2, 0.25) is 0 Å². The maximum atomic E-state index is 11.7. The fourth-order valence-electron chi connectivity index (χ4n) is 2.89. The van der Waals surface area contributed by atoms with Crippen LogP contribution in [0.3, 0.4) is 0 Å². The molecule has 0 spiro atoms. The first-order chi connectivity index (χ1) is 9.63. The van der Waals surface area contributed by atoms with Crippen LogP contribution in [0.5, 0.6) is 0 Å². The lowest BCUT2D eigenvalue weighted by atomic mass is 9.79. The van der Waals surface area contributed by atoms with Crippen LogP contribution < -0.4 is 5.32 Å². The van der Waals surface area contributed by atoms with E-state index in [4.69, 9.17) is 4.74 Å². The zero-order chi connectivity index (χ0) is 14.5. The number of ether oxygens (including phenoxy) is 1. The molecule has 0 bridgehead atoms. The molecule has 1 aromatic rings. The maximum Gasteiger partial charge on any atom is 0.339 e. The number of anilines is 1. The van der Waals surface area contributed by atoms with Crippen molar-refractivity contribution in [3.05, 3.63) is 41.6 Å². The average Bonchev–Trinajstić information content (AvgIpc) is 2.46. The highest BCUT2D eigenvalue weighted by Crippen LogP contribution is 2.33. The van der Waals surface area contributed by atoms with Crippen LogP contribution in [0.1, 0.15) is 43.5 Å². The largest absolute Gasteiger partial charge is 0.465 e. The predicted octanol–water partition coefficient (Wildman–Crippen LogP) is 4.23. The second-order valence-corrected chi connectivity index (χ2v) is 5.56. The van der Waals surface area contributed by atoms with Crippen LogP contribution in [-0.2, 0) is 4.74 Å². The number of methoxy groups -OCH3 is 1. The quantitative estimate of drug-likeness (QED) is 0.838. The van der Waals surface area contributed by atoms with E-state index in [9.17, 15) is 4.79 Å². The zero-order valence-corrected chi connectivity index (χ0v) is 12.5. The number of carbonyl (C=O) groups excluding carboxylic acids is 1. The molecular formula is C17H23NO2. The molecule has 1 aromatic carbocycles. The first kappa shape index (κ1) is 14.6. The van der Waals surface area contributed by atoms with Crippen LogP contribution >= 0.6 is 0 Å². The van der Waals surface area contributed by atoms with Crippen LogP contribution in [0, 0.1) is 11.8 Å². The summed E-state index contributed by atoms with van der Waals surface area (Å²) in [5, 5.41) is 3.30. The SMILES string of the molecule is COC(=O)c1ccccc1NC=C1C(C)CCCC1C. The molecule has 2 unspecified atom stereocenters. The molecule has 0 aliphatic heterocycles. The van der Waals surface area contributed by atoms with Crippen LogP contribution in [0.15, 0.2) is 36.0 Å². The van der Waals surface area contributed by atoms with E-state index < -0.39 is 0 Å². The highest BCUT2D eigenvalue weighted by atomic mass is 16.5. The van der Waals surface area contributed by atoms with Crippen molar-refractivity contribution in [3.8, 4) is 0 Å². The normalized spacial score (nSPS) is 22.2.